The van der Waals surface area contributed by atoms with Crippen molar-refractivity contribution < 1.29 is 0 Å². The minimum absolute atomic E-state index is 0.227. The SMILES string of the molecule is Cc1nn(-c2ccccc2)c(C)c1-c1cc(-c2ccc(N)cc2)nc(N)n1. The molecule has 27 heavy (non-hydrogen) atoms. The first-order chi connectivity index (χ1) is 13.0. The van der Waals surface area contributed by atoms with Crippen LogP contribution in [0.2, 0.25) is 0 Å². The lowest BCUT2D eigenvalue weighted by molar-refractivity contribution is 0.834. The molecule has 2 heterocycles. The molecule has 4 aromatic rings. The smallest absolute Gasteiger partial charge is 0.221 e. The second kappa shape index (κ2) is 6.57. The molecule has 0 bridgehead atoms. The van der Waals surface area contributed by atoms with Gasteiger partial charge in [0.05, 0.1) is 28.5 Å². The molecule has 0 saturated heterocycles. The molecular weight excluding hydrogens is 336 g/mol. The molecule has 4 rings (SSSR count). The number of aromatic nitrogens is 4. The van der Waals surface area contributed by atoms with Crippen molar-refractivity contribution >= 4 is 11.6 Å². The van der Waals surface area contributed by atoms with Crippen LogP contribution in [0.4, 0.5) is 11.6 Å². The fourth-order valence-corrected chi connectivity index (χ4v) is 3.23. The Bertz CT molecular complexity index is 1100. The van der Waals surface area contributed by atoms with E-state index in [1.165, 1.54) is 0 Å². The highest BCUT2D eigenvalue weighted by Crippen LogP contribution is 2.30. The van der Waals surface area contributed by atoms with E-state index in [0.29, 0.717) is 5.69 Å². The fourth-order valence-electron chi connectivity index (χ4n) is 3.23. The summed E-state index contributed by atoms with van der Waals surface area (Å²) in [6.07, 6.45) is 0. The Balaban J connectivity index is 1.85. The van der Waals surface area contributed by atoms with Crippen molar-refractivity contribution in [3.63, 3.8) is 0 Å². The second-order valence-corrected chi connectivity index (χ2v) is 6.41. The Labute approximate surface area is 157 Å². The van der Waals surface area contributed by atoms with Crippen LogP contribution in [0.1, 0.15) is 11.4 Å². The maximum atomic E-state index is 6.01. The molecule has 0 aliphatic heterocycles. The van der Waals surface area contributed by atoms with Crippen molar-refractivity contribution in [1.29, 1.82) is 0 Å². The number of nitrogen functional groups attached to an aromatic ring is 2. The third-order valence-corrected chi connectivity index (χ3v) is 4.50. The lowest BCUT2D eigenvalue weighted by Gasteiger charge is -2.08. The summed E-state index contributed by atoms with van der Waals surface area (Å²) in [5, 5.41) is 4.70. The third kappa shape index (κ3) is 3.13. The molecule has 0 amide bonds. The van der Waals surface area contributed by atoms with Crippen LogP contribution in [-0.2, 0) is 0 Å². The van der Waals surface area contributed by atoms with E-state index in [1.54, 1.807) is 0 Å². The lowest BCUT2D eigenvalue weighted by Crippen LogP contribution is -2.01. The molecule has 4 N–H and O–H groups in total. The van der Waals surface area contributed by atoms with Crippen molar-refractivity contribution in [2.75, 3.05) is 11.5 Å². The van der Waals surface area contributed by atoms with Gasteiger partial charge in [-0.05, 0) is 44.2 Å². The van der Waals surface area contributed by atoms with E-state index in [0.717, 1.165) is 39.6 Å². The highest BCUT2D eigenvalue weighted by molar-refractivity contribution is 5.73. The third-order valence-electron chi connectivity index (χ3n) is 4.50. The number of aryl methyl sites for hydroxylation is 1. The average Bonchev–Trinajstić information content (AvgIpc) is 2.97. The lowest BCUT2D eigenvalue weighted by atomic mass is 10.1. The molecule has 0 fully saturated rings. The monoisotopic (exact) mass is 356 g/mol. The van der Waals surface area contributed by atoms with Gasteiger partial charge in [0, 0.05) is 16.8 Å². The molecule has 0 aliphatic rings. The van der Waals surface area contributed by atoms with Gasteiger partial charge in [0.25, 0.3) is 0 Å². The Morgan fingerprint density at radius 1 is 0.815 bits per heavy atom. The van der Waals surface area contributed by atoms with E-state index in [4.69, 9.17) is 16.6 Å². The van der Waals surface area contributed by atoms with E-state index in [1.807, 2.05) is 79.2 Å². The van der Waals surface area contributed by atoms with Gasteiger partial charge in [-0.25, -0.2) is 14.6 Å². The number of anilines is 2. The zero-order valence-electron chi connectivity index (χ0n) is 15.2. The van der Waals surface area contributed by atoms with Crippen LogP contribution in [0.5, 0.6) is 0 Å². The molecular formula is C21H20N6. The van der Waals surface area contributed by atoms with Gasteiger partial charge in [-0.3, -0.25) is 0 Å². The largest absolute Gasteiger partial charge is 0.399 e. The van der Waals surface area contributed by atoms with Gasteiger partial charge in [-0.1, -0.05) is 30.3 Å². The predicted molar refractivity (Wildman–Crippen MR) is 108 cm³/mol. The number of nitrogens with zero attached hydrogens (tertiary/aromatic N) is 4. The summed E-state index contributed by atoms with van der Waals surface area (Å²) in [5.74, 6) is 0.227. The van der Waals surface area contributed by atoms with E-state index in [-0.39, 0.29) is 5.95 Å². The van der Waals surface area contributed by atoms with E-state index in [9.17, 15) is 0 Å². The molecule has 0 atom stereocenters. The topological polar surface area (TPSA) is 95.6 Å². The van der Waals surface area contributed by atoms with Crippen molar-refractivity contribution in [3.8, 4) is 28.2 Å². The average molecular weight is 356 g/mol. The first-order valence-corrected chi connectivity index (χ1v) is 8.65. The number of hydrogen-bond acceptors (Lipinski definition) is 5. The van der Waals surface area contributed by atoms with Gasteiger partial charge in [-0.15, -0.1) is 0 Å². The molecule has 0 spiro atoms. The van der Waals surface area contributed by atoms with Crippen molar-refractivity contribution in [1.82, 2.24) is 19.7 Å². The van der Waals surface area contributed by atoms with Gasteiger partial charge in [0.1, 0.15) is 0 Å². The predicted octanol–water partition coefficient (Wildman–Crippen LogP) is 3.78. The Kier molecular flexibility index (Phi) is 4.08. The van der Waals surface area contributed by atoms with Gasteiger partial charge < -0.3 is 11.5 Å². The number of nitrogens with two attached hydrogens (primary N) is 2. The van der Waals surface area contributed by atoms with Crippen LogP contribution in [-0.4, -0.2) is 19.7 Å². The van der Waals surface area contributed by atoms with Gasteiger partial charge in [0.2, 0.25) is 5.95 Å². The van der Waals surface area contributed by atoms with Crippen LogP contribution < -0.4 is 11.5 Å². The number of rotatable bonds is 3. The summed E-state index contributed by atoms with van der Waals surface area (Å²) in [5.41, 5.74) is 18.8. The summed E-state index contributed by atoms with van der Waals surface area (Å²) in [7, 11) is 0. The fraction of sp³-hybridized carbons (Fsp3) is 0.0952. The van der Waals surface area contributed by atoms with Gasteiger partial charge in [0.15, 0.2) is 0 Å². The quantitative estimate of drug-likeness (QED) is 0.545. The molecule has 6 heteroatoms. The van der Waals surface area contributed by atoms with Crippen LogP contribution in [0.3, 0.4) is 0 Å². The first kappa shape index (κ1) is 16.8. The maximum Gasteiger partial charge on any atom is 0.221 e. The normalized spacial score (nSPS) is 10.9. The molecule has 0 unspecified atom stereocenters. The van der Waals surface area contributed by atoms with Crippen LogP contribution >= 0.6 is 0 Å². The summed E-state index contributed by atoms with van der Waals surface area (Å²) in [6, 6.07) is 19.5. The van der Waals surface area contributed by atoms with E-state index in [2.05, 4.69) is 9.97 Å². The minimum Gasteiger partial charge on any atom is -0.399 e. The summed E-state index contributed by atoms with van der Waals surface area (Å²) in [6.45, 7) is 4.01. The molecule has 6 nitrogen and oxygen atoms in total. The van der Waals surface area contributed by atoms with Crippen molar-refractivity contribution in [2.24, 2.45) is 0 Å². The number of hydrogen-bond donors (Lipinski definition) is 2. The molecule has 2 aromatic carbocycles. The van der Waals surface area contributed by atoms with Crippen LogP contribution in [0.25, 0.3) is 28.2 Å². The summed E-state index contributed by atoms with van der Waals surface area (Å²) >= 11 is 0. The van der Waals surface area contributed by atoms with Crippen molar-refractivity contribution in [2.45, 2.75) is 13.8 Å². The minimum atomic E-state index is 0.227. The zero-order valence-corrected chi connectivity index (χ0v) is 15.2. The zero-order chi connectivity index (χ0) is 19.0. The maximum absolute atomic E-state index is 6.01. The Hall–Kier alpha value is -3.67. The highest BCUT2D eigenvalue weighted by atomic mass is 15.3. The van der Waals surface area contributed by atoms with Gasteiger partial charge >= 0.3 is 0 Å². The van der Waals surface area contributed by atoms with Crippen molar-refractivity contribution in [3.05, 3.63) is 72.1 Å². The van der Waals surface area contributed by atoms with E-state index >= 15 is 0 Å². The van der Waals surface area contributed by atoms with Crippen LogP contribution in [0.15, 0.2) is 60.7 Å². The summed E-state index contributed by atoms with van der Waals surface area (Å²) in [4.78, 5) is 8.85. The number of benzene rings is 2. The second-order valence-electron chi connectivity index (χ2n) is 6.41. The Morgan fingerprint density at radius 3 is 2.19 bits per heavy atom. The standard InChI is InChI=1S/C21H20N6/c1-13-20(14(2)27(26-13)17-6-4-3-5-7-17)19-12-18(24-21(23)25-19)15-8-10-16(22)11-9-15/h3-12H,22H2,1-2H3,(H2,23,24,25). The highest BCUT2D eigenvalue weighted by Gasteiger charge is 2.17. The molecule has 0 saturated carbocycles. The molecule has 0 aliphatic carbocycles. The van der Waals surface area contributed by atoms with Crippen LogP contribution in [0, 0.1) is 13.8 Å². The summed E-state index contributed by atoms with van der Waals surface area (Å²) < 4.78 is 1.92. The molecule has 0 radical (unpaired) electrons. The van der Waals surface area contributed by atoms with Gasteiger partial charge in [-0.2, -0.15) is 5.10 Å². The Morgan fingerprint density at radius 2 is 1.48 bits per heavy atom. The first-order valence-electron chi connectivity index (χ1n) is 8.65. The number of para-hydroxylation sites is 1. The van der Waals surface area contributed by atoms with E-state index < -0.39 is 0 Å². The molecule has 134 valence electrons. The molecule has 2 aromatic heterocycles.